The summed E-state index contributed by atoms with van der Waals surface area (Å²) >= 11 is 5.54. The van der Waals surface area contributed by atoms with Gasteiger partial charge in [0.25, 0.3) is 0 Å². The summed E-state index contributed by atoms with van der Waals surface area (Å²) in [5, 5.41) is 0. The molecule has 0 heterocycles. The lowest BCUT2D eigenvalue weighted by atomic mass is 10.4. The molecule has 0 aromatic carbocycles. The van der Waals surface area contributed by atoms with Gasteiger partial charge in [0.1, 0.15) is 0 Å². The van der Waals surface area contributed by atoms with E-state index in [-0.39, 0.29) is 5.75 Å². The summed E-state index contributed by atoms with van der Waals surface area (Å²) in [6.07, 6.45) is 2.37. The topological polar surface area (TPSA) is 37.4 Å². The normalized spacial score (nSPS) is 12.3. The second kappa shape index (κ2) is 7.49. The molecule has 0 N–H and O–H groups in total. The predicted molar refractivity (Wildman–Crippen MR) is 61.3 cm³/mol. The summed E-state index contributed by atoms with van der Waals surface area (Å²) in [7, 11) is -3.03. The second-order valence-corrected chi connectivity index (χ2v) is 5.67. The molecular weight excluding hydrogens is 222 g/mol. The van der Waals surface area contributed by atoms with Crippen LogP contribution in [0.4, 0.5) is 0 Å². The molecule has 5 heteroatoms. The van der Waals surface area contributed by atoms with Crippen molar-refractivity contribution in [3.63, 3.8) is 0 Å². The van der Waals surface area contributed by atoms with Crippen molar-refractivity contribution in [2.45, 2.75) is 33.1 Å². The summed E-state index contributed by atoms with van der Waals surface area (Å²) in [5.74, 6) is 0.777. The third-order valence-electron chi connectivity index (χ3n) is 2.04. The van der Waals surface area contributed by atoms with Crippen molar-refractivity contribution in [3.8, 4) is 0 Å². The Balaban J connectivity index is 4.19. The number of halogens is 1. The third-order valence-corrected chi connectivity index (χ3v) is 4.34. The smallest absolute Gasteiger partial charge is 0.212 e. The van der Waals surface area contributed by atoms with Gasteiger partial charge in [-0.2, -0.15) is 0 Å². The molecule has 0 bridgehead atoms. The highest BCUT2D eigenvalue weighted by atomic mass is 35.5. The Hall–Kier alpha value is 0.200. The number of sulfonamides is 1. The minimum Gasteiger partial charge on any atom is -0.212 e. The van der Waals surface area contributed by atoms with Crippen molar-refractivity contribution in [1.82, 2.24) is 4.31 Å². The lowest BCUT2D eigenvalue weighted by Crippen LogP contribution is -2.33. The van der Waals surface area contributed by atoms with Gasteiger partial charge in [0, 0.05) is 19.0 Å². The zero-order valence-electron chi connectivity index (χ0n) is 9.00. The van der Waals surface area contributed by atoms with Crippen LogP contribution in [0.25, 0.3) is 0 Å². The predicted octanol–water partition coefficient (Wildman–Crippen LogP) is 2.07. The van der Waals surface area contributed by atoms with Gasteiger partial charge in [-0.1, -0.05) is 20.3 Å². The van der Waals surface area contributed by atoms with Gasteiger partial charge in [-0.05, 0) is 12.8 Å². The second-order valence-electron chi connectivity index (χ2n) is 3.20. The molecule has 0 saturated heterocycles. The van der Waals surface area contributed by atoms with Crippen LogP contribution in [0.2, 0.25) is 0 Å². The van der Waals surface area contributed by atoms with Crippen LogP contribution in [0.1, 0.15) is 33.1 Å². The van der Waals surface area contributed by atoms with Gasteiger partial charge >= 0.3 is 0 Å². The first-order chi connectivity index (χ1) is 6.58. The summed E-state index contributed by atoms with van der Waals surface area (Å²) in [5.41, 5.74) is 0. The van der Waals surface area contributed by atoms with Gasteiger partial charge in [-0.15, -0.1) is 11.6 Å². The molecular formula is C9H20ClNO2S. The van der Waals surface area contributed by atoms with Crippen molar-refractivity contribution in [2.75, 3.05) is 24.7 Å². The first kappa shape index (κ1) is 14.2. The van der Waals surface area contributed by atoms with Crippen LogP contribution < -0.4 is 0 Å². The Morgan fingerprint density at radius 1 is 1.21 bits per heavy atom. The molecule has 0 aliphatic carbocycles. The van der Waals surface area contributed by atoms with Gasteiger partial charge in [0.05, 0.1) is 5.75 Å². The van der Waals surface area contributed by atoms with Crippen molar-refractivity contribution in [1.29, 1.82) is 0 Å². The first-order valence-corrected chi connectivity index (χ1v) is 7.26. The van der Waals surface area contributed by atoms with E-state index in [0.29, 0.717) is 19.0 Å². The van der Waals surface area contributed by atoms with Crippen molar-refractivity contribution < 1.29 is 8.42 Å². The summed E-state index contributed by atoms with van der Waals surface area (Å²) < 4.78 is 24.9. The lowest BCUT2D eigenvalue weighted by molar-refractivity contribution is 0.427. The molecule has 0 spiro atoms. The maximum Gasteiger partial charge on any atom is 0.214 e. The number of alkyl halides is 1. The van der Waals surface area contributed by atoms with E-state index in [1.54, 1.807) is 0 Å². The monoisotopic (exact) mass is 241 g/mol. The number of hydrogen-bond acceptors (Lipinski definition) is 2. The Labute approximate surface area is 92.5 Å². The molecule has 0 rings (SSSR count). The average Bonchev–Trinajstić information content (AvgIpc) is 2.16. The molecule has 0 radical (unpaired) electrons. The van der Waals surface area contributed by atoms with Crippen LogP contribution in [-0.4, -0.2) is 37.4 Å². The van der Waals surface area contributed by atoms with E-state index in [0.717, 1.165) is 19.3 Å². The fourth-order valence-electron chi connectivity index (χ4n) is 1.19. The minimum atomic E-state index is -3.03. The zero-order valence-corrected chi connectivity index (χ0v) is 10.6. The standard InChI is InChI=1S/C9H20ClNO2S/c1-3-5-9-14(12,13)11(4-2)8-6-7-10/h3-9H2,1-2H3. The quantitative estimate of drug-likeness (QED) is 0.610. The van der Waals surface area contributed by atoms with Gasteiger partial charge in [0.15, 0.2) is 0 Å². The Morgan fingerprint density at radius 2 is 1.86 bits per heavy atom. The number of rotatable bonds is 8. The first-order valence-electron chi connectivity index (χ1n) is 5.12. The average molecular weight is 242 g/mol. The van der Waals surface area contributed by atoms with Crippen LogP contribution in [-0.2, 0) is 10.0 Å². The van der Waals surface area contributed by atoms with Crippen LogP contribution in [0, 0.1) is 0 Å². The molecule has 0 atom stereocenters. The molecule has 3 nitrogen and oxygen atoms in total. The van der Waals surface area contributed by atoms with Crippen molar-refractivity contribution >= 4 is 21.6 Å². The third kappa shape index (κ3) is 5.17. The zero-order chi connectivity index (χ0) is 11.0. The summed E-state index contributed by atoms with van der Waals surface area (Å²) in [6.45, 7) is 4.94. The SMILES string of the molecule is CCCCS(=O)(=O)N(CC)CCCCl. The van der Waals surface area contributed by atoms with Crippen molar-refractivity contribution in [3.05, 3.63) is 0 Å². The Bertz CT molecular complexity index is 229. The largest absolute Gasteiger partial charge is 0.214 e. The van der Waals surface area contributed by atoms with Crippen molar-refractivity contribution in [2.24, 2.45) is 0 Å². The molecule has 0 amide bonds. The van der Waals surface area contributed by atoms with E-state index >= 15 is 0 Å². The van der Waals surface area contributed by atoms with Gasteiger partial charge in [-0.25, -0.2) is 12.7 Å². The molecule has 0 aliphatic heterocycles. The molecule has 14 heavy (non-hydrogen) atoms. The van der Waals surface area contributed by atoms with Crippen LogP contribution in [0.3, 0.4) is 0 Å². The molecule has 86 valence electrons. The van der Waals surface area contributed by atoms with E-state index in [4.69, 9.17) is 11.6 Å². The molecule has 0 saturated carbocycles. The van der Waals surface area contributed by atoms with Gasteiger partial charge in [0.2, 0.25) is 10.0 Å². The van der Waals surface area contributed by atoms with Crippen LogP contribution in [0.15, 0.2) is 0 Å². The molecule has 0 unspecified atom stereocenters. The summed E-state index contributed by atoms with van der Waals surface area (Å²) in [4.78, 5) is 0. The maximum absolute atomic E-state index is 11.7. The summed E-state index contributed by atoms with van der Waals surface area (Å²) in [6, 6.07) is 0. The fraction of sp³-hybridized carbons (Fsp3) is 1.00. The highest BCUT2D eigenvalue weighted by Gasteiger charge is 2.18. The fourth-order valence-corrected chi connectivity index (χ4v) is 3.02. The molecule has 0 fully saturated rings. The molecule has 0 aliphatic rings. The van der Waals surface area contributed by atoms with Gasteiger partial charge in [-0.3, -0.25) is 0 Å². The minimum absolute atomic E-state index is 0.264. The van der Waals surface area contributed by atoms with E-state index in [9.17, 15) is 8.42 Å². The maximum atomic E-state index is 11.7. The van der Waals surface area contributed by atoms with Gasteiger partial charge < -0.3 is 0 Å². The Kier molecular flexibility index (Phi) is 7.59. The van der Waals surface area contributed by atoms with Crippen LogP contribution in [0.5, 0.6) is 0 Å². The Morgan fingerprint density at radius 3 is 2.29 bits per heavy atom. The number of unbranched alkanes of at least 4 members (excludes halogenated alkanes) is 1. The molecule has 0 aromatic rings. The lowest BCUT2D eigenvalue weighted by Gasteiger charge is -2.19. The molecule has 0 aromatic heterocycles. The van der Waals surface area contributed by atoms with E-state index < -0.39 is 10.0 Å². The number of nitrogens with zero attached hydrogens (tertiary/aromatic N) is 1. The van der Waals surface area contributed by atoms with E-state index in [1.165, 1.54) is 4.31 Å². The van der Waals surface area contributed by atoms with Crippen LogP contribution >= 0.6 is 11.6 Å². The number of hydrogen-bond donors (Lipinski definition) is 0. The highest BCUT2D eigenvalue weighted by Crippen LogP contribution is 2.05. The van der Waals surface area contributed by atoms with E-state index in [1.807, 2.05) is 13.8 Å². The van der Waals surface area contributed by atoms with E-state index in [2.05, 4.69) is 0 Å². The highest BCUT2D eigenvalue weighted by molar-refractivity contribution is 7.89.